The quantitative estimate of drug-likeness (QED) is 0.413. The van der Waals surface area contributed by atoms with Crippen molar-refractivity contribution in [2.75, 3.05) is 13.7 Å². The van der Waals surface area contributed by atoms with E-state index in [4.69, 9.17) is 4.74 Å². The van der Waals surface area contributed by atoms with E-state index in [0.717, 1.165) is 68.0 Å². The number of carbonyl (C=O) groups excluding carboxylic acids is 2. The normalized spacial score (nSPS) is 18.8. The van der Waals surface area contributed by atoms with E-state index < -0.39 is 0 Å². The zero-order valence-electron chi connectivity index (χ0n) is 21.6. The van der Waals surface area contributed by atoms with Gasteiger partial charge in [0.05, 0.1) is 16.8 Å². The maximum atomic E-state index is 13.1. The number of rotatable bonds is 11. The molecule has 36 heavy (non-hydrogen) atoms. The van der Waals surface area contributed by atoms with Crippen molar-refractivity contribution in [3.63, 3.8) is 0 Å². The van der Waals surface area contributed by atoms with E-state index in [-0.39, 0.29) is 23.8 Å². The summed E-state index contributed by atoms with van der Waals surface area (Å²) in [5.41, 5.74) is 2.25. The first-order chi connectivity index (χ1) is 17.5. The highest BCUT2D eigenvalue weighted by molar-refractivity contribution is 5.94. The van der Waals surface area contributed by atoms with Gasteiger partial charge >= 0.3 is 0 Å². The van der Waals surface area contributed by atoms with Gasteiger partial charge in [-0.25, -0.2) is 9.97 Å². The molecular formula is C28H37N5O3. The molecule has 0 aliphatic heterocycles. The van der Waals surface area contributed by atoms with Crippen molar-refractivity contribution in [1.29, 1.82) is 0 Å². The summed E-state index contributed by atoms with van der Waals surface area (Å²) in [7, 11) is 1.69. The molecule has 1 aliphatic rings. The van der Waals surface area contributed by atoms with Crippen LogP contribution in [-0.4, -0.2) is 51.2 Å². The van der Waals surface area contributed by atoms with E-state index in [1.165, 1.54) is 0 Å². The fourth-order valence-corrected chi connectivity index (χ4v) is 5.19. The number of amides is 1. The van der Waals surface area contributed by atoms with Crippen LogP contribution in [0, 0.1) is 18.8 Å². The lowest BCUT2D eigenvalue weighted by Crippen LogP contribution is -2.39. The molecule has 3 aromatic rings. The second kappa shape index (κ2) is 12.2. The monoisotopic (exact) mass is 491 g/mol. The predicted molar refractivity (Wildman–Crippen MR) is 139 cm³/mol. The van der Waals surface area contributed by atoms with E-state index in [1.54, 1.807) is 24.2 Å². The van der Waals surface area contributed by atoms with Crippen LogP contribution < -0.4 is 5.32 Å². The molecule has 0 spiro atoms. The van der Waals surface area contributed by atoms with Crippen molar-refractivity contribution >= 4 is 22.6 Å². The fraction of sp³-hybridized carbons (Fsp3) is 0.536. The lowest BCUT2D eigenvalue weighted by molar-refractivity contribution is -0.128. The topological polar surface area (TPSA) is 99.0 Å². The lowest BCUT2D eigenvalue weighted by atomic mass is 9.77. The number of aromatic nitrogens is 4. The number of benzene rings is 1. The number of Topliss-reactive ketones (excluding diaryl/α,β-unsaturated/α-hetero) is 1. The predicted octanol–water partition coefficient (Wildman–Crippen LogP) is 4.82. The first-order valence-electron chi connectivity index (χ1n) is 13.1. The number of hydrogen-bond acceptors (Lipinski definition) is 6. The second-order valence-electron chi connectivity index (χ2n) is 9.83. The van der Waals surface area contributed by atoms with Gasteiger partial charge in [0.2, 0.25) is 0 Å². The van der Waals surface area contributed by atoms with Crippen LogP contribution in [0.15, 0.2) is 36.7 Å². The number of aryl methyl sites for hydroxylation is 1. The van der Waals surface area contributed by atoms with Crippen LogP contribution >= 0.6 is 0 Å². The minimum absolute atomic E-state index is 0.0620. The number of nitrogens with zero attached hydrogens (tertiary/aromatic N) is 4. The Morgan fingerprint density at radius 3 is 2.53 bits per heavy atom. The third-order valence-corrected chi connectivity index (χ3v) is 7.31. The highest BCUT2D eigenvalue weighted by Gasteiger charge is 2.31. The molecular weight excluding hydrogens is 454 g/mol. The lowest BCUT2D eigenvalue weighted by Gasteiger charge is -2.30. The van der Waals surface area contributed by atoms with E-state index >= 15 is 0 Å². The minimum atomic E-state index is -0.182. The third kappa shape index (κ3) is 5.98. The average molecular weight is 492 g/mol. The number of carbonyl (C=O) groups is 2. The van der Waals surface area contributed by atoms with Crippen molar-refractivity contribution in [3.8, 4) is 5.95 Å². The zero-order valence-corrected chi connectivity index (χ0v) is 21.6. The summed E-state index contributed by atoms with van der Waals surface area (Å²) in [6.07, 6.45) is 10.3. The van der Waals surface area contributed by atoms with Gasteiger partial charge in [-0.2, -0.15) is 9.78 Å². The highest BCUT2D eigenvalue weighted by atomic mass is 16.5. The Balaban J connectivity index is 1.32. The van der Waals surface area contributed by atoms with E-state index in [0.29, 0.717) is 23.9 Å². The molecule has 1 N–H and O–H groups in total. The number of hydrogen-bond donors (Lipinski definition) is 1. The van der Waals surface area contributed by atoms with Crippen LogP contribution in [-0.2, 0) is 9.53 Å². The van der Waals surface area contributed by atoms with Gasteiger partial charge < -0.3 is 10.1 Å². The summed E-state index contributed by atoms with van der Waals surface area (Å²) < 4.78 is 6.93. The average Bonchev–Trinajstić information content (AvgIpc) is 3.25. The van der Waals surface area contributed by atoms with Crippen LogP contribution in [0.3, 0.4) is 0 Å². The van der Waals surface area contributed by atoms with E-state index in [1.807, 2.05) is 31.2 Å². The molecule has 1 aromatic carbocycles. The van der Waals surface area contributed by atoms with Crippen LogP contribution in [0.1, 0.15) is 74.3 Å². The Bertz CT molecular complexity index is 1160. The Morgan fingerprint density at radius 1 is 1.11 bits per heavy atom. The molecule has 2 aromatic heterocycles. The summed E-state index contributed by atoms with van der Waals surface area (Å²) in [5.74, 6) is 0.814. The molecule has 8 heteroatoms. The molecule has 1 unspecified atom stereocenters. The third-order valence-electron chi connectivity index (χ3n) is 7.31. The molecule has 1 atom stereocenters. The molecule has 4 rings (SSSR count). The van der Waals surface area contributed by atoms with Crippen LogP contribution in [0.5, 0.6) is 0 Å². The van der Waals surface area contributed by atoms with Crippen LogP contribution in [0.25, 0.3) is 16.9 Å². The van der Waals surface area contributed by atoms with Gasteiger partial charge in [0.25, 0.3) is 11.9 Å². The first-order valence-corrected chi connectivity index (χ1v) is 13.1. The minimum Gasteiger partial charge on any atom is -0.385 e. The molecule has 1 aliphatic carbocycles. The van der Waals surface area contributed by atoms with E-state index in [9.17, 15) is 9.59 Å². The molecule has 192 valence electrons. The standard InChI is InChI=1S/C28H37N5O3/c1-4-5-8-20(15-16-36-3)26(34)21-11-13-23(14-12-21)31-27(35)22-17-29-28(30-18-22)33-25-10-7-6-9-24(25)19(2)32-33/h6-7,9-10,17-18,20-21,23H,4-5,8,11-16H2,1-3H3,(H,31,35). The Hall–Kier alpha value is -3.13. The van der Waals surface area contributed by atoms with Gasteiger partial charge in [0.1, 0.15) is 5.78 Å². The van der Waals surface area contributed by atoms with Gasteiger partial charge in [-0.1, -0.05) is 38.0 Å². The number of nitrogens with one attached hydrogen (secondary N) is 1. The number of unbranched alkanes of at least 4 members (excludes halogenated alkanes) is 1. The first kappa shape index (κ1) is 25.9. The Kier molecular flexibility index (Phi) is 8.80. The summed E-state index contributed by atoms with van der Waals surface area (Å²) in [5, 5.41) is 8.71. The molecule has 0 bridgehead atoms. The maximum absolute atomic E-state index is 13.1. The second-order valence-corrected chi connectivity index (χ2v) is 9.83. The summed E-state index contributed by atoms with van der Waals surface area (Å²) in [4.78, 5) is 34.8. The van der Waals surface area contributed by atoms with Crippen molar-refractivity contribution in [3.05, 3.63) is 47.9 Å². The van der Waals surface area contributed by atoms with Crippen molar-refractivity contribution in [1.82, 2.24) is 25.1 Å². The Morgan fingerprint density at radius 2 is 1.83 bits per heavy atom. The van der Waals surface area contributed by atoms with Gasteiger partial charge in [0.15, 0.2) is 0 Å². The van der Waals surface area contributed by atoms with E-state index in [2.05, 4.69) is 27.3 Å². The zero-order chi connectivity index (χ0) is 25.5. The maximum Gasteiger partial charge on any atom is 0.254 e. The molecule has 1 saturated carbocycles. The number of ether oxygens (including phenoxy) is 1. The molecule has 0 saturated heterocycles. The molecule has 0 radical (unpaired) electrons. The number of para-hydroxylation sites is 1. The Labute approximate surface area is 212 Å². The molecule has 2 heterocycles. The van der Waals surface area contributed by atoms with Crippen LogP contribution in [0.2, 0.25) is 0 Å². The van der Waals surface area contributed by atoms with Crippen LogP contribution in [0.4, 0.5) is 0 Å². The summed E-state index contributed by atoms with van der Waals surface area (Å²) >= 11 is 0. The van der Waals surface area contributed by atoms with Crippen molar-refractivity contribution in [2.45, 2.75) is 71.3 Å². The summed E-state index contributed by atoms with van der Waals surface area (Å²) in [6.45, 7) is 4.74. The number of fused-ring (bicyclic) bond motifs is 1. The summed E-state index contributed by atoms with van der Waals surface area (Å²) in [6, 6.07) is 7.99. The number of methoxy groups -OCH3 is 1. The van der Waals surface area contributed by atoms with Gasteiger partial charge in [-0.05, 0) is 51.5 Å². The van der Waals surface area contributed by atoms with Crippen molar-refractivity contribution in [2.24, 2.45) is 11.8 Å². The molecule has 8 nitrogen and oxygen atoms in total. The fourth-order valence-electron chi connectivity index (χ4n) is 5.19. The van der Waals surface area contributed by atoms with Gasteiger partial charge in [-0.15, -0.1) is 0 Å². The smallest absolute Gasteiger partial charge is 0.254 e. The van der Waals surface area contributed by atoms with Gasteiger partial charge in [0, 0.05) is 49.4 Å². The molecule has 1 fully saturated rings. The van der Waals surface area contributed by atoms with Crippen molar-refractivity contribution < 1.29 is 14.3 Å². The number of ketones is 1. The molecule has 1 amide bonds. The largest absolute Gasteiger partial charge is 0.385 e. The highest BCUT2D eigenvalue weighted by Crippen LogP contribution is 2.30. The SMILES string of the molecule is CCCCC(CCOC)C(=O)C1CCC(NC(=O)c2cnc(-n3nc(C)c4ccccc43)nc2)CC1. The van der Waals surface area contributed by atoms with Gasteiger partial charge in [-0.3, -0.25) is 9.59 Å².